The SMILES string of the molecule is CCCC(=O)ONC(C(=O)c1ccc(F)cc1)c1ccc(=O)n(C(C)C)n1. The van der Waals surface area contributed by atoms with Crippen LogP contribution in [-0.2, 0) is 9.63 Å². The Bertz CT molecular complexity index is 862. The third-order valence-electron chi connectivity index (χ3n) is 3.77. The fraction of sp³-hybridized carbons (Fsp3) is 0.368. The van der Waals surface area contributed by atoms with Crippen LogP contribution in [0.5, 0.6) is 0 Å². The Morgan fingerprint density at radius 3 is 2.44 bits per heavy atom. The van der Waals surface area contributed by atoms with Gasteiger partial charge in [0.05, 0.1) is 11.7 Å². The lowest BCUT2D eigenvalue weighted by Crippen LogP contribution is -2.34. The molecule has 0 spiro atoms. The average molecular weight is 375 g/mol. The van der Waals surface area contributed by atoms with Crippen LogP contribution < -0.4 is 11.0 Å². The number of rotatable bonds is 8. The van der Waals surface area contributed by atoms with Gasteiger partial charge in [0.2, 0.25) is 0 Å². The monoisotopic (exact) mass is 375 g/mol. The van der Waals surface area contributed by atoms with Crippen LogP contribution in [0.15, 0.2) is 41.2 Å². The fourth-order valence-electron chi connectivity index (χ4n) is 2.37. The highest BCUT2D eigenvalue weighted by atomic mass is 19.1. The number of ketones is 1. The van der Waals surface area contributed by atoms with Crippen molar-refractivity contribution in [3.8, 4) is 0 Å². The topological polar surface area (TPSA) is 90.3 Å². The van der Waals surface area contributed by atoms with Crippen molar-refractivity contribution >= 4 is 11.8 Å². The summed E-state index contributed by atoms with van der Waals surface area (Å²) in [6, 6.07) is 6.32. The van der Waals surface area contributed by atoms with Crippen LogP contribution in [0.25, 0.3) is 0 Å². The lowest BCUT2D eigenvalue weighted by atomic mass is 10.0. The zero-order chi connectivity index (χ0) is 20.0. The van der Waals surface area contributed by atoms with Gasteiger partial charge in [0.25, 0.3) is 5.56 Å². The van der Waals surface area contributed by atoms with Crippen molar-refractivity contribution in [1.29, 1.82) is 0 Å². The van der Waals surface area contributed by atoms with Crippen molar-refractivity contribution < 1.29 is 18.8 Å². The van der Waals surface area contributed by atoms with Gasteiger partial charge in [0, 0.05) is 18.1 Å². The minimum absolute atomic E-state index is 0.184. The molecule has 0 aliphatic rings. The maximum absolute atomic E-state index is 13.2. The van der Waals surface area contributed by atoms with E-state index in [1.807, 2.05) is 6.92 Å². The molecule has 0 saturated heterocycles. The van der Waals surface area contributed by atoms with Gasteiger partial charge in [0.1, 0.15) is 11.9 Å². The van der Waals surface area contributed by atoms with Gasteiger partial charge in [-0.25, -0.2) is 9.07 Å². The highest BCUT2D eigenvalue weighted by Gasteiger charge is 2.26. The number of nitrogens with one attached hydrogen (secondary N) is 1. The lowest BCUT2D eigenvalue weighted by Gasteiger charge is -2.18. The summed E-state index contributed by atoms with van der Waals surface area (Å²) in [6.45, 7) is 5.38. The van der Waals surface area contributed by atoms with E-state index in [0.717, 1.165) is 12.1 Å². The molecule has 0 amide bonds. The fourth-order valence-corrected chi connectivity index (χ4v) is 2.37. The minimum Gasteiger partial charge on any atom is -0.370 e. The molecule has 0 fully saturated rings. The summed E-state index contributed by atoms with van der Waals surface area (Å²) in [7, 11) is 0. The number of halogens is 1. The maximum Gasteiger partial charge on any atom is 0.324 e. The number of hydrogen-bond acceptors (Lipinski definition) is 6. The summed E-state index contributed by atoms with van der Waals surface area (Å²) >= 11 is 0. The van der Waals surface area contributed by atoms with E-state index in [1.165, 1.54) is 28.9 Å². The molecule has 1 N–H and O–H groups in total. The third-order valence-corrected chi connectivity index (χ3v) is 3.77. The van der Waals surface area contributed by atoms with E-state index >= 15 is 0 Å². The quantitative estimate of drug-likeness (QED) is 0.564. The Hall–Kier alpha value is -2.87. The van der Waals surface area contributed by atoms with E-state index < -0.39 is 23.6 Å². The molecule has 0 saturated carbocycles. The van der Waals surface area contributed by atoms with Gasteiger partial charge < -0.3 is 4.84 Å². The first-order valence-electron chi connectivity index (χ1n) is 8.68. The van der Waals surface area contributed by atoms with E-state index in [0.29, 0.717) is 6.42 Å². The Labute approximate surface area is 156 Å². The molecule has 0 aliphatic heterocycles. The van der Waals surface area contributed by atoms with Crippen molar-refractivity contribution in [1.82, 2.24) is 15.3 Å². The van der Waals surface area contributed by atoms with Crippen molar-refractivity contribution in [3.05, 3.63) is 63.8 Å². The van der Waals surface area contributed by atoms with Crippen LogP contribution in [0.2, 0.25) is 0 Å². The van der Waals surface area contributed by atoms with Crippen molar-refractivity contribution in [2.24, 2.45) is 0 Å². The standard InChI is InChI=1S/C19H22FN3O4/c1-4-5-17(25)27-22-18(19(26)13-6-8-14(20)9-7-13)15-10-11-16(24)23(21-15)12(2)3/h6-12,18,22H,4-5H2,1-3H3. The van der Waals surface area contributed by atoms with Crippen LogP contribution >= 0.6 is 0 Å². The molecule has 1 aromatic carbocycles. The summed E-state index contributed by atoms with van der Waals surface area (Å²) < 4.78 is 14.4. The molecular weight excluding hydrogens is 353 g/mol. The molecule has 2 aromatic rings. The first-order valence-corrected chi connectivity index (χ1v) is 8.68. The summed E-state index contributed by atoms with van der Waals surface area (Å²) in [5, 5.41) is 4.22. The Morgan fingerprint density at radius 1 is 1.19 bits per heavy atom. The van der Waals surface area contributed by atoms with Crippen molar-refractivity contribution in [2.45, 2.75) is 45.7 Å². The minimum atomic E-state index is -1.14. The second-order valence-corrected chi connectivity index (χ2v) is 6.28. The largest absolute Gasteiger partial charge is 0.370 e. The summed E-state index contributed by atoms with van der Waals surface area (Å²) in [5.41, 5.74) is 2.56. The van der Waals surface area contributed by atoms with Gasteiger partial charge in [0.15, 0.2) is 5.78 Å². The van der Waals surface area contributed by atoms with Crippen LogP contribution in [0.3, 0.4) is 0 Å². The predicted molar refractivity (Wildman–Crippen MR) is 96.5 cm³/mol. The average Bonchev–Trinajstić information content (AvgIpc) is 2.63. The van der Waals surface area contributed by atoms with Gasteiger partial charge in [-0.2, -0.15) is 5.10 Å². The van der Waals surface area contributed by atoms with E-state index in [9.17, 15) is 18.8 Å². The van der Waals surface area contributed by atoms with E-state index in [1.54, 1.807) is 13.8 Å². The number of aromatic nitrogens is 2. The van der Waals surface area contributed by atoms with Gasteiger partial charge >= 0.3 is 5.97 Å². The number of Topliss-reactive ketones (excluding diaryl/α,β-unsaturated/α-hetero) is 1. The molecule has 0 radical (unpaired) electrons. The van der Waals surface area contributed by atoms with Crippen LogP contribution in [-0.4, -0.2) is 21.5 Å². The number of hydrogen-bond donors (Lipinski definition) is 1. The maximum atomic E-state index is 13.2. The Kier molecular flexibility index (Phi) is 6.95. The Morgan fingerprint density at radius 2 is 1.85 bits per heavy atom. The van der Waals surface area contributed by atoms with Crippen LogP contribution in [0, 0.1) is 5.82 Å². The molecule has 0 bridgehead atoms. The number of carbonyl (C=O) groups excluding carboxylic acids is 2. The van der Waals surface area contributed by atoms with Gasteiger partial charge in [-0.1, -0.05) is 6.92 Å². The van der Waals surface area contributed by atoms with Gasteiger partial charge in [-0.15, -0.1) is 5.48 Å². The number of nitrogens with zero attached hydrogens (tertiary/aromatic N) is 2. The van der Waals surface area contributed by atoms with Crippen molar-refractivity contribution in [2.75, 3.05) is 0 Å². The van der Waals surface area contributed by atoms with Gasteiger partial charge in [-0.05, 0) is 50.6 Å². The summed E-state index contributed by atoms with van der Waals surface area (Å²) in [4.78, 5) is 41.5. The number of carbonyl (C=O) groups is 2. The second kappa shape index (κ2) is 9.18. The lowest BCUT2D eigenvalue weighted by molar-refractivity contribution is -0.152. The first-order chi connectivity index (χ1) is 12.8. The zero-order valence-electron chi connectivity index (χ0n) is 15.4. The number of benzene rings is 1. The molecule has 1 heterocycles. The van der Waals surface area contributed by atoms with Gasteiger partial charge in [-0.3, -0.25) is 14.4 Å². The molecule has 27 heavy (non-hydrogen) atoms. The van der Waals surface area contributed by atoms with Crippen LogP contribution in [0.4, 0.5) is 4.39 Å². The van der Waals surface area contributed by atoms with E-state index in [-0.39, 0.29) is 29.3 Å². The Balaban J connectivity index is 2.38. The van der Waals surface area contributed by atoms with Crippen molar-refractivity contribution in [3.63, 3.8) is 0 Å². The molecule has 8 heteroatoms. The smallest absolute Gasteiger partial charge is 0.324 e. The predicted octanol–water partition coefficient (Wildman–Crippen LogP) is 2.74. The number of hydroxylamine groups is 1. The highest BCUT2D eigenvalue weighted by molar-refractivity contribution is 6.00. The summed E-state index contributed by atoms with van der Waals surface area (Å²) in [6.07, 6.45) is 0.775. The third kappa shape index (κ3) is 5.30. The molecule has 0 aliphatic carbocycles. The highest BCUT2D eigenvalue weighted by Crippen LogP contribution is 2.17. The first kappa shape index (κ1) is 20.4. The van der Waals surface area contributed by atoms with E-state index in [2.05, 4.69) is 10.6 Å². The molecule has 144 valence electrons. The molecule has 1 aromatic heterocycles. The normalized spacial score (nSPS) is 12.0. The van der Waals surface area contributed by atoms with Crippen LogP contribution in [0.1, 0.15) is 61.7 Å². The second-order valence-electron chi connectivity index (χ2n) is 6.28. The molecule has 7 nitrogen and oxygen atoms in total. The van der Waals surface area contributed by atoms with E-state index in [4.69, 9.17) is 4.84 Å². The zero-order valence-corrected chi connectivity index (χ0v) is 15.4. The molecular formula is C19H22FN3O4. The molecule has 2 rings (SSSR count). The molecule has 1 unspecified atom stereocenters. The summed E-state index contributed by atoms with van der Waals surface area (Å²) in [5.74, 6) is -1.47. The molecule has 1 atom stereocenters.